The molecular weight excluding hydrogens is 426 g/mol. The number of nitro benzene ring substituents is 1. The van der Waals surface area contributed by atoms with Gasteiger partial charge in [-0.3, -0.25) is 19.7 Å². The van der Waals surface area contributed by atoms with Crippen LogP contribution in [0.1, 0.15) is 56.3 Å². The second kappa shape index (κ2) is 9.03. The molecule has 0 fully saturated rings. The smallest absolute Gasteiger partial charge is 0.292 e. The second-order valence-electron chi connectivity index (χ2n) is 7.63. The normalized spacial score (nSPS) is 13.9. The Labute approximate surface area is 188 Å². The molecular formula is C23H21N5O5. The van der Waals surface area contributed by atoms with Crippen molar-refractivity contribution < 1.29 is 18.9 Å². The first kappa shape index (κ1) is 21.9. The van der Waals surface area contributed by atoms with Gasteiger partial charge in [-0.05, 0) is 44.9 Å². The number of nitrogens with one attached hydrogen (secondary N) is 2. The van der Waals surface area contributed by atoms with E-state index in [1.165, 1.54) is 24.3 Å². The van der Waals surface area contributed by atoms with E-state index in [4.69, 9.17) is 4.42 Å². The minimum atomic E-state index is -0.567. The number of aromatic nitrogens is 1. The molecule has 1 aliphatic rings. The molecule has 0 saturated carbocycles. The molecule has 2 amide bonds. The molecule has 0 radical (unpaired) electrons. The van der Waals surface area contributed by atoms with Gasteiger partial charge in [-0.2, -0.15) is 5.10 Å². The van der Waals surface area contributed by atoms with Crippen molar-refractivity contribution >= 4 is 29.0 Å². The fraction of sp³-hybridized carbons (Fsp3) is 0.217. The molecule has 10 heteroatoms. The van der Waals surface area contributed by atoms with E-state index < -0.39 is 16.7 Å². The number of hydrogen-bond donors (Lipinski definition) is 2. The Morgan fingerprint density at radius 2 is 1.91 bits per heavy atom. The van der Waals surface area contributed by atoms with Crippen LogP contribution in [0.3, 0.4) is 0 Å². The Hall–Kier alpha value is -4.34. The maximum Gasteiger partial charge on any atom is 0.292 e. The summed E-state index contributed by atoms with van der Waals surface area (Å²) in [5, 5.41) is 17.9. The standard InChI is InChI=1S/C23H21N5O5/c1-13-6-3-11-19(24-13)25-23(30)21-14(2)20-17(9-5-10-18(20)33-21)26-27-22(29)15-7-4-8-16(12-15)28(31)32/h3-4,6-8,11-12H,5,9-10H2,1-2H3,(H,27,29)(H,24,25,30)/b26-17+. The lowest BCUT2D eigenvalue weighted by Crippen LogP contribution is -2.22. The fourth-order valence-corrected chi connectivity index (χ4v) is 3.73. The second-order valence-corrected chi connectivity index (χ2v) is 7.63. The largest absolute Gasteiger partial charge is 0.455 e. The molecule has 1 aromatic carbocycles. The summed E-state index contributed by atoms with van der Waals surface area (Å²) in [4.78, 5) is 39.9. The molecule has 33 heavy (non-hydrogen) atoms. The molecule has 4 rings (SSSR count). The molecule has 3 aromatic rings. The molecule has 10 nitrogen and oxygen atoms in total. The molecule has 2 N–H and O–H groups in total. The number of hydrogen-bond acceptors (Lipinski definition) is 7. The fourth-order valence-electron chi connectivity index (χ4n) is 3.73. The van der Waals surface area contributed by atoms with Crippen molar-refractivity contribution in [2.75, 3.05) is 5.32 Å². The first-order chi connectivity index (χ1) is 15.8. The van der Waals surface area contributed by atoms with Gasteiger partial charge in [0.25, 0.3) is 17.5 Å². The van der Waals surface area contributed by atoms with Crippen molar-refractivity contribution in [3.05, 3.63) is 86.5 Å². The molecule has 1 aliphatic carbocycles. The van der Waals surface area contributed by atoms with Gasteiger partial charge in [0.15, 0.2) is 5.76 Å². The lowest BCUT2D eigenvalue weighted by molar-refractivity contribution is -0.384. The van der Waals surface area contributed by atoms with Gasteiger partial charge in [0.1, 0.15) is 11.6 Å². The van der Waals surface area contributed by atoms with Crippen molar-refractivity contribution in [3.8, 4) is 0 Å². The quantitative estimate of drug-likeness (QED) is 0.449. The van der Waals surface area contributed by atoms with Crippen LogP contribution >= 0.6 is 0 Å². The van der Waals surface area contributed by atoms with E-state index >= 15 is 0 Å². The number of aryl methyl sites for hydroxylation is 2. The van der Waals surface area contributed by atoms with Gasteiger partial charge in [-0.25, -0.2) is 10.4 Å². The van der Waals surface area contributed by atoms with Crippen LogP contribution in [0.4, 0.5) is 11.5 Å². The van der Waals surface area contributed by atoms with Crippen LogP contribution in [0, 0.1) is 24.0 Å². The van der Waals surface area contributed by atoms with Gasteiger partial charge in [-0.15, -0.1) is 0 Å². The maximum atomic E-state index is 12.8. The summed E-state index contributed by atoms with van der Waals surface area (Å²) in [6.07, 6.45) is 1.97. The zero-order valence-electron chi connectivity index (χ0n) is 18.0. The van der Waals surface area contributed by atoms with E-state index in [-0.39, 0.29) is 17.0 Å². The number of hydrazone groups is 1. The number of benzene rings is 1. The summed E-state index contributed by atoms with van der Waals surface area (Å²) in [6, 6.07) is 10.7. The molecule has 0 spiro atoms. The SMILES string of the molecule is Cc1cccc(NC(=O)c2oc3c(c2C)/C(=N/NC(=O)c2cccc([N+](=O)[O-])c2)CCC3)n1. The number of pyridine rings is 1. The van der Waals surface area contributed by atoms with Gasteiger partial charge >= 0.3 is 0 Å². The molecule has 0 saturated heterocycles. The third-order valence-electron chi connectivity index (χ3n) is 5.27. The molecule has 2 aromatic heterocycles. The summed E-state index contributed by atoms with van der Waals surface area (Å²) < 4.78 is 5.86. The van der Waals surface area contributed by atoms with Gasteiger partial charge in [0, 0.05) is 40.9 Å². The molecule has 0 atom stereocenters. The van der Waals surface area contributed by atoms with Crippen molar-refractivity contribution in [3.63, 3.8) is 0 Å². The van der Waals surface area contributed by atoms with Gasteiger partial charge in [0.05, 0.1) is 10.6 Å². The highest BCUT2D eigenvalue weighted by Crippen LogP contribution is 2.30. The van der Waals surface area contributed by atoms with Crippen LogP contribution in [0.25, 0.3) is 0 Å². The number of fused-ring (bicyclic) bond motifs is 1. The Morgan fingerprint density at radius 3 is 2.67 bits per heavy atom. The highest BCUT2D eigenvalue weighted by atomic mass is 16.6. The lowest BCUT2D eigenvalue weighted by atomic mass is 9.93. The minimum absolute atomic E-state index is 0.124. The van der Waals surface area contributed by atoms with Crippen LogP contribution < -0.4 is 10.7 Å². The summed E-state index contributed by atoms with van der Waals surface area (Å²) >= 11 is 0. The minimum Gasteiger partial charge on any atom is -0.455 e. The van der Waals surface area contributed by atoms with E-state index in [9.17, 15) is 19.7 Å². The topological polar surface area (TPSA) is 140 Å². The van der Waals surface area contributed by atoms with Gasteiger partial charge < -0.3 is 9.73 Å². The average molecular weight is 447 g/mol. The molecule has 0 bridgehead atoms. The monoisotopic (exact) mass is 447 g/mol. The summed E-state index contributed by atoms with van der Waals surface area (Å²) in [7, 11) is 0. The Kier molecular flexibility index (Phi) is 5.99. The highest BCUT2D eigenvalue weighted by Gasteiger charge is 2.28. The van der Waals surface area contributed by atoms with E-state index in [0.29, 0.717) is 41.3 Å². The number of furan rings is 1. The number of carbonyl (C=O) groups excluding carboxylic acids is 2. The Balaban J connectivity index is 1.56. The molecule has 168 valence electrons. The third-order valence-corrected chi connectivity index (χ3v) is 5.27. The third kappa shape index (κ3) is 4.64. The highest BCUT2D eigenvalue weighted by molar-refractivity contribution is 6.09. The van der Waals surface area contributed by atoms with Crippen molar-refractivity contribution in [1.82, 2.24) is 10.4 Å². The summed E-state index contributed by atoms with van der Waals surface area (Å²) in [6.45, 7) is 3.60. The van der Waals surface area contributed by atoms with Gasteiger partial charge in [0.2, 0.25) is 0 Å². The number of amides is 2. The predicted octanol–water partition coefficient (Wildman–Crippen LogP) is 3.92. The number of nitrogens with zero attached hydrogens (tertiary/aromatic N) is 3. The van der Waals surface area contributed by atoms with E-state index in [0.717, 1.165) is 12.1 Å². The first-order valence-corrected chi connectivity index (χ1v) is 10.3. The number of nitro groups is 1. The van der Waals surface area contributed by atoms with Crippen LogP contribution in [-0.4, -0.2) is 27.4 Å². The zero-order chi connectivity index (χ0) is 23.5. The Morgan fingerprint density at radius 1 is 1.12 bits per heavy atom. The van der Waals surface area contributed by atoms with Crippen molar-refractivity contribution in [2.45, 2.75) is 33.1 Å². The number of non-ortho nitro benzene ring substituents is 1. The molecule has 0 aliphatic heterocycles. The lowest BCUT2D eigenvalue weighted by Gasteiger charge is -2.13. The van der Waals surface area contributed by atoms with Crippen LogP contribution in [0.2, 0.25) is 0 Å². The number of rotatable bonds is 5. The van der Waals surface area contributed by atoms with E-state index in [1.54, 1.807) is 19.1 Å². The summed E-state index contributed by atoms with van der Waals surface area (Å²) in [5.74, 6) is 0.238. The van der Waals surface area contributed by atoms with Gasteiger partial charge in [-0.1, -0.05) is 12.1 Å². The van der Waals surface area contributed by atoms with Crippen molar-refractivity contribution in [1.29, 1.82) is 0 Å². The molecule has 2 heterocycles. The van der Waals surface area contributed by atoms with E-state index in [2.05, 4.69) is 20.8 Å². The average Bonchev–Trinajstić information content (AvgIpc) is 3.15. The van der Waals surface area contributed by atoms with E-state index in [1.807, 2.05) is 13.0 Å². The number of carbonyl (C=O) groups is 2. The van der Waals surface area contributed by atoms with Crippen LogP contribution in [0.15, 0.2) is 52.0 Å². The first-order valence-electron chi connectivity index (χ1n) is 10.3. The number of anilines is 1. The summed E-state index contributed by atoms with van der Waals surface area (Å²) in [5.41, 5.74) is 5.09. The van der Waals surface area contributed by atoms with Crippen molar-refractivity contribution in [2.24, 2.45) is 5.10 Å². The molecule has 0 unspecified atom stereocenters. The predicted molar refractivity (Wildman–Crippen MR) is 120 cm³/mol. The van der Waals surface area contributed by atoms with Crippen LogP contribution in [-0.2, 0) is 6.42 Å². The Bertz CT molecular complexity index is 1290. The zero-order valence-corrected chi connectivity index (χ0v) is 18.0. The maximum absolute atomic E-state index is 12.8. The van der Waals surface area contributed by atoms with Crippen LogP contribution in [0.5, 0.6) is 0 Å².